The minimum atomic E-state index is -1.37. The van der Waals surface area contributed by atoms with Gasteiger partial charge in [-0.1, -0.05) is 122 Å². The molecule has 0 aliphatic carbocycles. The van der Waals surface area contributed by atoms with Crippen LogP contribution in [0.25, 0.3) is 0 Å². The van der Waals surface area contributed by atoms with E-state index < -0.39 is 149 Å². The van der Waals surface area contributed by atoms with E-state index in [2.05, 4.69) is 53.2 Å². The maximum Gasteiger partial charge on any atom is 0.246 e. The van der Waals surface area contributed by atoms with Crippen molar-refractivity contribution in [2.45, 2.75) is 243 Å². The van der Waals surface area contributed by atoms with Gasteiger partial charge in [0.25, 0.3) is 0 Å². The largest absolute Gasteiger partial charge is 0.355 e. The molecular formula is C72H116N16O12. The first-order chi connectivity index (χ1) is 47.7. The van der Waals surface area contributed by atoms with Crippen molar-refractivity contribution >= 4 is 70.9 Å². The van der Waals surface area contributed by atoms with Crippen LogP contribution in [0.2, 0.25) is 0 Å². The van der Waals surface area contributed by atoms with Crippen LogP contribution in [0.1, 0.15) is 169 Å². The van der Waals surface area contributed by atoms with Crippen molar-refractivity contribution in [1.29, 1.82) is 0 Å². The molecule has 28 nitrogen and oxygen atoms in total. The van der Waals surface area contributed by atoms with Gasteiger partial charge in [-0.25, -0.2) is 0 Å². The molecule has 100 heavy (non-hydrogen) atoms. The van der Waals surface area contributed by atoms with E-state index in [1.807, 2.05) is 27.7 Å². The number of benzene rings is 2. The number of nitrogens with zero attached hydrogens (tertiary/aromatic N) is 2. The number of carbonyl (C=O) groups excluding carboxylic acids is 12. The summed E-state index contributed by atoms with van der Waals surface area (Å²) in [5, 5.41) is 28.6. The zero-order valence-electron chi connectivity index (χ0n) is 60.1. The zero-order valence-corrected chi connectivity index (χ0v) is 60.1. The Kier molecular flexibility index (Phi) is 34.9. The average Bonchev–Trinajstić information content (AvgIpc) is 1.60. The fourth-order valence-electron chi connectivity index (χ4n) is 12.9. The van der Waals surface area contributed by atoms with Crippen LogP contribution in [-0.2, 0) is 70.4 Å². The summed E-state index contributed by atoms with van der Waals surface area (Å²) in [5.74, 6) is -9.61. The number of fused-ring (bicyclic) bond motifs is 2. The highest BCUT2D eigenvalue weighted by atomic mass is 16.2. The summed E-state index contributed by atoms with van der Waals surface area (Å²) in [6, 6.07) is 3.26. The lowest BCUT2D eigenvalue weighted by Crippen LogP contribution is -2.61. The number of rotatable bonds is 26. The second-order valence-corrected chi connectivity index (χ2v) is 28.4. The van der Waals surface area contributed by atoms with Crippen LogP contribution >= 0.6 is 0 Å². The maximum atomic E-state index is 15.2. The summed E-state index contributed by atoms with van der Waals surface area (Å²) in [7, 11) is 0. The van der Waals surface area contributed by atoms with Gasteiger partial charge in [-0.15, -0.1) is 0 Å². The SMILES string of the molecule is CC(C)C[C@@H]1NC(=O)[C@H](CCCN)NC(=O)[C@H](C(C)C)NC(=O)[C@@H]2CCCN2C(=O)[C@@H](Cc2ccccc2)NC(=O)[C@H](CC(C)C)NC(=O)[C@H](CCCN)NC(=O)[C@H](C(C)C)NC(=O)[C@@H]2CCCN2C(=O)[C@H](CCCCNC(=O)[C@@H](N)CCCCN)NC(=O)[C@@H](Cc2ccccc2)NC1=O. The molecule has 556 valence electrons. The van der Waals surface area contributed by atoms with Gasteiger partial charge in [-0.2, -0.15) is 0 Å². The van der Waals surface area contributed by atoms with Crippen LogP contribution in [0.15, 0.2) is 60.7 Å². The summed E-state index contributed by atoms with van der Waals surface area (Å²) < 4.78 is 0. The smallest absolute Gasteiger partial charge is 0.246 e. The van der Waals surface area contributed by atoms with Crippen LogP contribution in [0.3, 0.4) is 0 Å². The summed E-state index contributed by atoms with van der Waals surface area (Å²) in [6.45, 7) is 15.3. The Balaban J connectivity index is 1.60. The Morgan fingerprint density at radius 3 is 1.23 bits per heavy atom. The van der Waals surface area contributed by atoms with Crippen molar-refractivity contribution in [1.82, 2.24) is 63.0 Å². The topological polar surface area (TPSA) is 436 Å². The Hall–Kier alpha value is -8.08. The highest BCUT2D eigenvalue weighted by Crippen LogP contribution is 2.24. The fraction of sp³-hybridized carbons (Fsp3) is 0.667. The molecule has 3 heterocycles. The molecule has 0 spiro atoms. The molecule has 2 aromatic rings. The molecule has 28 heteroatoms. The van der Waals surface area contributed by atoms with E-state index in [9.17, 15) is 43.2 Å². The molecule has 0 saturated carbocycles. The normalized spacial score (nSPS) is 25.2. The van der Waals surface area contributed by atoms with Crippen molar-refractivity contribution in [2.75, 3.05) is 39.3 Å². The van der Waals surface area contributed by atoms with Crippen LogP contribution in [0.4, 0.5) is 0 Å². The lowest BCUT2D eigenvalue weighted by Gasteiger charge is -2.32. The average molecular weight is 1400 g/mol. The van der Waals surface area contributed by atoms with Gasteiger partial charge in [0.2, 0.25) is 70.9 Å². The lowest BCUT2D eigenvalue weighted by atomic mass is 9.99. The van der Waals surface area contributed by atoms with Gasteiger partial charge in [-0.3, -0.25) is 57.5 Å². The third-order valence-corrected chi connectivity index (χ3v) is 18.5. The molecule has 0 bridgehead atoms. The van der Waals surface area contributed by atoms with E-state index in [4.69, 9.17) is 22.9 Å². The monoisotopic (exact) mass is 1400 g/mol. The number of amides is 12. The van der Waals surface area contributed by atoms with Crippen LogP contribution in [0, 0.1) is 23.7 Å². The minimum Gasteiger partial charge on any atom is -0.355 e. The molecule has 0 aromatic heterocycles. The highest BCUT2D eigenvalue weighted by molar-refractivity contribution is 6.00. The molecule has 3 fully saturated rings. The first-order valence-corrected chi connectivity index (χ1v) is 36.2. The van der Waals surface area contributed by atoms with E-state index in [0.717, 1.165) is 0 Å². The maximum absolute atomic E-state index is 15.2. The van der Waals surface area contributed by atoms with Crippen molar-refractivity contribution in [3.63, 3.8) is 0 Å². The Labute approximate surface area is 590 Å². The Morgan fingerprint density at radius 2 is 0.800 bits per heavy atom. The number of nitrogens with two attached hydrogens (primary N) is 4. The molecule has 3 aliphatic rings. The number of nitrogens with one attached hydrogen (secondary N) is 10. The van der Waals surface area contributed by atoms with Crippen LogP contribution in [0.5, 0.6) is 0 Å². The standard InChI is InChI=1S/C72H116N16O12/c1-43(2)39-53-64(92)83-55(41-47-23-11-9-12-24-47)66(94)80-52(28-16-18-36-77-61(89)49(76)27-15-17-33-73)71(99)87-37-21-31-57(87)67(95)85-59(45(5)6)69(97)79-51(30-20-35-75)63(91)82-54(40-44(3)4)65(93)84-56(42-48-25-13-10-14-26-48)72(100)88-38-22-32-58(88)68(96)86-60(46(7)8)70(98)78-50(29-19-34-74)62(90)81-53/h9-14,23-26,43-46,49-60H,15-22,27-42,73-76H2,1-8H3,(H,77,89)(H,78,98)(H,79,97)(H,80,94)(H,81,90)(H,82,91)(H,83,92)(H,84,93)(H,85,95)(H,86,96)/t49-,50-,51-,52-,53-,54-,55+,56+,57-,58-,59-,60-/m0/s1. The predicted octanol–water partition coefficient (Wildman–Crippen LogP) is 0.455. The van der Waals surface area contributed by atoms with E-state index in [1.54, 1.807) is 88.4 Å². The van der Waals surface area contributed by atoms with E-state index >= 15 is 14.4 Å². The van der Waals surface area contributed by atoms with Gasteiger partial charge in [0.1, 0.15) is 66.5 Å². The number of hydrogen-bond acceptors (Lipinski definition) is 16. The second-order valence-electron chi connectivity index (χ2n) is 28.4. The van der Waals surface area contributed by atoms with Gasteiger partial charge in [0, 0.05) is 32.5 Å². The number of hydrogen-bond donors (Lipinski definition) is 14. The van der Waals surface area contributed by atoms with Gasteiger partial charge in [0.05, 0.1) is 6.04 Å². The summed E-state index contributed by atoms with van der Waals surface area (Å²) >= 11 is 0. The Morgan fingerprint density at radius 1 is 0.430 bits per heavy atom. The van der Waals surface area contributed by atoms with E-state index in [-0.39, 0.29) is 128 Å². The van der Waals surface area contributed by atoms with Gasteiger partial charge < -0.3 is 85.9 Å². The van der Waals surface area contributed by atoms with Crippen molar-refractivity contribution < 1.29 is 57.5 Å². The first kappa shape index (κ1) is 82.6. The van der Waals surface area contributed by atoms with Crippen LogP contribution in [-0.4, -0.2) is 192 Å². The summed E-state index contributed by atoms with van der Waals surface area (Å²) in [4.78, 5) is 179. The number of carbonyl (C=O) groups is 12. The van der Waals surface area contributed by atoms with Crippen molar-refractivity contribution in [3.8, 4) is 0 Å². The molecular weight excluding hydrogens is 1280 g/mol. The molecule has 5 rings (SSSR count). The van der Waals surface area contributed by atoms with Crippen molar-refractivity contribution in [3.05, 3.63) is 71.8 Å². The molecule has 2 aromatic carbocycles. The second kappa shape index (κ2) is 42.2. The third kappa shape index (κ3) is 26.1. The molecule has 0 radical (unpaired) electrons. The highest BCUT2D eigenvalue weighted by Gasteiger charge is 2.44. The molecule has 12 amide bonds. The van der Waals surface area contributed by atoms with E-state index in [1.165, 1.54) is 9.80 Å². The fourth-order valence-corrected chi connectivity index (χ4v) is 12.9. The summed E-state index contributed by atoms with van der Waals surface area (Å²) in [5.41, 5.74) is 25.1. The number of unbranched alkanes of at least 4 members (excludes halogenated alkanes) is 2. The van der Waals surface area contributed by atoms with Gasteiger partial charge in [-0.05, 0) is 151 Å². The van der Waals surface area contributed by atoms with Gasteiger partial charge in [0.15, 0.2) is 0 Å². The molecule has 3 aliphatic heterocycles. The predicted molar refractivity (Wildman–Crippen MR) is 380 cm³/mol. The van der Waals surface area contributed by atoms with Crippen LogP contribution < -0.4 is 76.1 Å². The minimum absolute atomic E-state index is 0.00900. The summed E-state index contributed by atoms with van der Waals surface area (Å²) in [6.07, 6.45) is 4.27. The molecule has 12 atom stereocenters. The Bertz CT molecular complexity index is 3010. The van der Waals surface area contributed by atoms with Gasteiger partial charge >= 0.3 is 0 Å². The molecule has 0 unspecified atom stereocenters. The van der Waals surface area contributed by atoms with E-state index in [0.29, 0.717) is 56.2 Å². The lowest BCUT2D eigenvalue weighted by molar-refractivity contribution is -0.143. The molecule has 18 N–H and O–H groups in total. The molecule has 3 saturated heterocycles. The zero-order chi connectivity index (χ0) is 73.6. The third-order valence-electron chi connectivity index (χ3n) is 18.5. The van der Waals surface area contributed by atoms with Crippen molar-refractivity contribution in [2.24, 2.45) is 46.6 Å². The quantitative estimate of drug-likeness (QED) is 0.0569. The first-order valence-electron chi connectivity index (χ1n) is 36.2.